The van der Waals surface area contributed by atoms with Gasteiger partial charge in [-0.15, -0.1) is 11.3 Å². The summed E-state index contributed by atoms with van der Waals surface area (Å²) in [6.45, 7) is 4.78. The quantitative estimate of drug-likeness (QED) is 0.167. The topological polar surface area (TPSA) is 3.24 Å². The third kappa shape index (κ3) is 5.29. The Hall–Kier alpha value is -6.22. The summed E-state index contributed by atoms with van der Waals surface area (Å²) in [6.07, 6.45) is 0. The highest BCUT2D eigenvalue weighted by Gasteiger charge is 2.40. The van der Waals surface area contributed by atoms with Crippen molar-refractivity contribution in [3.63, 3.8) is 0 Å². The highest BCUT2D eigenvalue weighted by Crippen LogP contribution is 2.57. The third-order valence-corrected chi connectivity index (χ3v) is 12.2. The van der Waals surface area contributed by atoms with Crippen LogP contribution in [0, 0.1) is 0 Å². The van der Waals surface area contributed by atoms with Gasteiger partial charge in [-0.25, -0.2) is 0 Å². The van der Waals surface area contributed by atoms with Crippen LogP contribution in [0.4, 0.5) is 17.1 Å². The van der Waals surface area contributed by atoms with Crippen LogP contribution < -0.4 is 4.90 Å². The van der Waals surface area contributed by atoms with Crippen LogP contribution in [0.15, 0.2) is 188 Å². The first-order valence-electron chi connectivity index (χ1n) is 18.3. The molecule has 10 rings (SSSR count). The van der Waals surface area contributed by atoms with Gasteiger partial charge in [-0.2, -0.15) is 0 Å². The molecule has 8 aromatic carbocycles. The minimum Gasteiger partial charge on any atom is -0.310 e. The maximum Gasteiger partial charge on any atom is 0.0468 e. The van der Waals surface area contributed by atoms with Crippen LogP contribution in [-0.2, 0) is 5.41 Å². The van der Waals surface area contributed by atoms with Gasteiger partial charge < -0.3 is 4.90 Å². The molecule has 0 saturated heterocycles. The molecule has 0 spiro atoms. The number of nitrogens with zero attached hydrogens (tertiary/aromatic N) is 1. The summed E-state index contributed by atoms with van der Waals surface area (Å²) in [5, 5.41) is 3.84. The van der Waals surface area contributed by atoms with E-state index < -0.39 is 0 Å². The van der Waals surface area contributed by atoms with E-state index in [1.54, 1.807) is 0 Å². The average Bonchev–Trinajstić information content (AvgIpc) is 3.72. The maximum atomic E-state index is 2.39. The minimum absolute atomic E-state index is 0.0475. The van der Waals surface area contributed by atoms with E-state index in [-0.39, 0.29) is 5.41 Å². The fourth-order valence-corrected chi connectivity index (χ4v) is 9.82. The van der Waals surface area contributed by atoms with Gasteiger partial charge in [-0.05, 0) is 109 Å². The van der Waals surface area contributed by atoms with Crippen molar-refractivity contribution in [1.29, 1.82) is 0 Å². The molecule has 0 atom stereocenters. The highest BCUT2D eigenvalue weighted by molar-refractivity contribution is 7.22. The third-order valence-electron chi connectivity index (χ3n) is 11.0. The standard InChI is InChI=1S/C51H37NS/c1-51(2)46-18-11-17-44(48(46)50-49(51)45-16-9-10-19-47(45)53-50)40-21-20-39-33-43(31-26-38(39)32-40)52(41-27-22-36(23-28-41)34-12-5-3-6-13-34)42-29-24-37(25-30-42)35-14-7-4-8-15-35/h3-33H,1-2H3. The highest BCUT2D eigenvalue weighted by atomic mass is 32.1. The molecule has 252 valence electrons. The molecule has 53 heavy (non-hydrogen) atoms. The van der Waals surface area contributed by atoms with Crippen LogP contribution in [0.1, 0.15) is 25.0 Å². The zero-order valence-electron chi connectivity index (χ0n) is 29.8. The molecule has 0 amide bonds. The Bertz CT molecular complexity index is 2690. The second-order valence-electron chi connectivity index (χ2n) is 14.6. The summed E-state index contributed by atoms with van der Waals surface area (Å²) in [5.41, 5.74) is 15.0. The predicted octanol–water partition coefficient (Wildman–Crippen LogP) is 14.8. The number of fused-ring (bicyclic) bond motifs is 6. The van der Waals surface area contributed by atoms with E-state index in [1.807, 2.05) is 11.3 Å². The number of hydrogen-bond acceptors (Lipinski definition) is 2. The van der Waals surface area contributed by atoms with Crippen LogP contribution >= 0.6 is 11.3 Å². The average molecular weight is 696 g/mol. The fourth-order valence-electron chi connectivity index (χ4n) is 8.39. The van der Waals surface area contributed by atoms with Crippen molar-refractivity contribution in [1.82, 2.24) is 0 Å². The number of thiophene rings is 1. The van der Waals surface area contributed by atoms with Gasteiger partial charge in [0.25, 0.3) is 0 Å². The lowest BCUT2D eigenvalue weighted by Crippen LogP contribution is -2.14. The molecule has 1 aromatic heterocycles. The molecule has 0 N–H and O–H groups in total. The predicted molar refractivity (Wildman–Crippen MR) is 228 cm³/mol. The van der Waals surface area contributed by atoms with Crippen molar-refractivity contribution in [2.75, 3.05) is 4.90 Å². The SMILES string of the molecule is CC1(C)c2cccc(-c3ccc4cc(N(c5ccc(-c6ccccc6)cc5)c5ccc(-c6ccccc6)cc5)ccc4c3)c2-c2sc3ccccc3c21. The van der Waals surface area contributed by atoms with E-state index in [9.17, 15) is 0 Å². The molecule has 1 aliphatic carbocycles. The first kappa shape index (κ1) is 31.5. The zero-order chi connectivity index (χ0) is 35.5. The summed E-state index contributed by atoms with van der Waals surface area (Å²) in [5.74, 6) is 0. The first-order chi connectivity index (χ1) is 26.0. The van der Waals surface area contributed by atoms with Crippen molar-refractivity contribution in [3.05, 3.63) is 199 Å². The molecule has 0 aliphatic heterocycles. The molecule has 0 fully saturated rings. The van der Waals surface area contributed by atoms with Crippen molar-refractivity contribution in [3.8, 4) is 43.8 Å². The molecule has 2 heteroatoms. The molecule has 1 nitrogen and oxygen atoms in total. The van der Waals surface area contributed by atoms with Crippen molar-refractivity contribution in [2.24, 2.45) is 0 Å². The van der Waals surface area contributed by atoms with Gasteiger partial charge in [0.05, 0.1) is 0 Å². The minimum atomic E-state index is -0.0475. The summed E-state index contributed by atoms with van der Waals surface area (Å²) in [4.78, 5) is 3.79. The first-order valence-corrected chi connectivity index (χ1v) is 19.2. The lowest BCUT2D eigenvalue weighted by atomic mass is 9.81. The van der Waals surface area contributed by atoms with Crippen LogP contribution in [0.25, 0.3) is 64.7 Å². The van der Waals surface area contributed by atoms with Gasteiger partial charge in [-0.1, -0.05) is 153 Å². The monoisotopic (exact) mass is 695 g/mol. The molecule has 9 aromatic rings. The zero-order valence-corrected chi connectivity index (χ0v) is 30.6. The molecule has 0 saturated carbocycles. The summed E-state index contributed by atoms with van der Waals surface area (Å²) < 4.78 is 1.37. The van der Waals surface area contributed by atoms with Gasteiger partial charge in [0.2, 0.25) is 0 Å². The van der Waals surface area contributed by atoms with Gasteiger partial charge in [-0.3, -0.25) is 0 Å². The lowest BCUT2D eigenvalue weighted by Gasteiger charge is -2.26. The van der Waals surface area contributed by atoms with Crippen LogP contribution in [-0.4, -0.2) is 0 Å². The van der Waals surface area contributed by atoms with Gasteiger partial charge in [0, 0.05) is 37.6 Å². The van der Waals surface area contributed by atoms with Gasteiger partial charge >= 0.3 is 0 Å². The molecular formula is C51H37NS. The van der Waals surface area contributed by atoms with Gasteiger partial charge in [0.15, 0.2) is 0 Å². The maximum absolute atomic E-state index is 2.39. The molecule has 1 aliphatic rings. The van der Waals surface area contributed by atoms with E-state index in [4.69, 9.17) is 0 Å². The summed E-state index contributed by atoms with van der Waals surface area (Å²) in [6, 6.07) is 68.7. The Kier molecular flexibility index (Phi) is 7.42. The van der Waals surface area contributed by atoms with E-state index in [0.717, 1.165) is 17.1 Å². The van der Waals surface area contributed by atoms with Crippen LogP contribution in [0.3, 0.4) is 0 Å². The smallest absolute Gasteiger partial charge is 0.0468 e. The number of benzene rings is 8. The van der Waals surface area contributed by atoms with E-state index in [1.165, 1.54) is 75.8 Å². The lowest BCUT2D eigenvalue weighted by molar-refractivity contribution is 0.667. The summed E-state index contributed by atoms with van der Waals surface area (Å²) in [7, 11) is 0. The number of anilines is 3. The molecule has 1 heterocycles. The van der Waals surface area contributed by atoms with E-state index in [2.05, 4.69) is 207 Å². The van der Waals surface area contributed by atoms with Crippen molar-refractivity contribution in [2.45, 2.75) is 19.3 Å². The second-order valence-corrected chi connectivity index (χ2v) is 15.6. The molecule has 0 radical (unpaired) electrons. The van der Waals surface area contributed by atoms with Crippen molar-refractivity contribution >= 4 is 49.3 Å². The Morgan fingerprint density at radius 3 is 1.62 bits per heavy atom. The normalized spacial score (nSPS) is 12.9. The van der Waals surface area contributed by atoms with Crippen LogP contribution in [0.2, 0.25) is 0 Å². The molecule has 0 bridgehead atoms. The van der Waals surface area contributed by atoms with Crippen molar-refractivity contribution < 1.29 is 0 Å². The van der Waals surface area contributed by atoms with E-state index in [0.29, 0.717) is 0 Å². The second kappa shape index (κ2) is 12.5. The molecular weight excluding hydrogens is 659 g/mol. The Balaban J connectivity index is 1.06. The fraction of sp³-hybridized carbons (Fsp3) is 0.0588. The Morgan fingerprint density at radius 1 is 0.434 bits per heavy atom. The Morgan fingerprint density at radius 2 is 0.962 bits per heavy atom. The number of rotatable bonds is 6. The Labute approximate surface area is 315 Å². The largest absolute Gasteiger partial charge is 0.310 e. The molecule has 0 unspecified atom stereocenters. The van der Waals surface area contributed by atoms with Gasteiger partial charge in [0.1, 0.15) is 0 Å². The number of hydrogen-bond donors (Lipinski definition) is 0. The summed E-state index contributed by atoms with van der Waals surface area (Å²) >= 11 is 1.94. The van der Waals surface area contributed by atoms with E-state index >= 15 is 0 Å². The van der Waals surface area contributed by atoms with Crippen LogP contribution in [0.5, 0.6) is 0 Å².